The van der Waals surface area contributed by atoms with E-state index < -0.39 is 0 Å². The van der Waals surface area contributed by atoms with Gasteiger partial charge in [-0.05, 0) is 36.1 Å². The van der Waals surface area contributed by atoms with E-state index in [-0.39, 0.29) is 11.8 Å². The van der Waals surface area contributed by atoms with E-state index >= 15 is 0 Å². The molecule has 1 aromatic carbocycles. The third kappa shape index (κ3) is 3.04. The fraction of sp³-hybridized carbons (Fsp3) is 0.200. The minimum absolute atomic E-state index is 0.101. The monoisotopic (exact) mass is 364 g/mol. The van der Waals surface area contributed by atoms with Crippen molar-refractivity contribution < 1.29 is 4.79 Å². The number of carbonyl (C=O) groups is 1. The lowest BCUT2D eigenvalue weighted by molar-refractivity contribution is 0.0943. The summed E-state index contributed by atoms with van der Waals surface area (Å²) in [5, 5.41) is 10.6. The van der Waals surface area contributed by atoms with Crippen molar-refractivity contribution in [1.82, 2.24) is 20.1 Å². The smallest absolute Gasteiger partial charge is 0.269 e. The summed E-state index contributed by atoms with van der Waals surface area (Å²) in [5.74, 6) is -0.000998. The molecule has 132 valence electrons. The summed E-state index contributed by atoms with van der Waals surface area (Å²) in [7, 11) is 1.79. The molecule has 6 heteroatoms. The van der Waals surface area contributed by atoms with Gasteiger partial charge in [0.1, 0.15) is 5.69 Å². The van der Waals surface area contributed by atoms with Gasteiger partial charge >= 0.3 is 0 Å². The van der Waals surface area contributed by atoms with E-state index in [1.807, 2.05) is 25.1 Å². The molecule has 1 amide bonds. The molecule has 0 aliphatic rings. The maximum absolute atomic E-state index is 12.6. The Bertz CT molecular complexity index is 1050. The van der Waals surface area contributed by atoms with Crippen molar-refractivity contribution in [3.8, 4) is 0 Å². The quantitative estimate of drug-likeness (QED) is 0.565. The van der Waals surface area contributed by atoms with E-state index in [1.54, 1.807) is 29.1 Å². The van der Waals surface area contributed by atoms with Crippen LogP contribution in [0.3, 0.4) is 0 Å². The van der Waals surface area contributed by atoms with Gasteiger partial charge in [0.15, 0.2) is 0 Å². The van der Waals surface area contributed by atoms with Crippen LogP contribution >= 0.6 is 11.3 Å². The van der Waals surface area contributed by atoms with Gasteiger partial charge in [-0.1, -0.05) is 24.3 Å². The van der Waals surface area contributed by atoms with E-state index in [4.69, 9.17) is 0 Å². The van der Waals surface area contributed by atoms with Crippen molar-refractivity contribution in [3.05, 3.63) is 75.9 Å². The summed E-state index contributed by atoms with van der Waals surface area (Å²) in [6.45, 7) is 2.42. The molecule has 3 heterocycles. The van der Waals surface area contributed by atoms with Crippen molar-refractivity contribution in [3.63, 3.8) is 0 Å². The maximum Gasteiger partial charge on any atom is 0.269 e. The van der Waals surface area contributed by atoms with Crippen LogP contribution in [0.2, 0.25) is 0 Å². The largest absolute Gasteiger partial charge is 0.361 e. The number of fused-ring (bicyclic) bond motifs is 1. The highest BCUT2D eigenvalue weighted by molar-refractivity contribution is 7.10. The number of amides is 1. The van der Waals surface area contributed by atoms with Gasteiger partial charge in [-0.25, -0.2) is 0 Å². The summed E-state index contributed by atoms with van der Waals surface area (Å²) in [4.78, 5) is 17.2. The van der Waals surface area contributed by atoms with E-state index in [1.165, 1.54) is 15.8 Å². The third-order valence-corrected chi connectivity index (χ3v) is 5.57. The normalized spacial score (nSPS) is 12.4. The topological polar surface area (TPSA) is 62.7 Å². The second-order valence-corrected chi connectivity index (χ2v) is 7.34. The van der Waals surface area contributed by atoms with Crippen molar-refractivity contribution >= 4 is 28.1 Å². The Kier molecular flexibility index (Phi) is 4.34. The number of carbonyl (C=O) groups excluding carboxylic acids is 1. The molecule has 3 aromatic heterocycles. The fourth-order valence-corrected chi connectivity index (χ4v) is 4.19. The Balaban J connectivity index is 1.63. The molecule has 4 rings (SSSR count). The van der Waals surface area contributed by atoms with Gasteiger partial charge in [0.2, 0.25) is 0 Å². The number of nitrogens with zero attached hydrogens (tertiary/aromatic N) is 2. The number of aryl methyl sites for hydroxylation is 2. The summed E-state index contributed by atoms with van der Waals surface area (Å²) in [6, 6.07) is 14.2. The minimum atomic E-state index is -0.102. The van der Waals surface area contributed by atoms with Crippen LogP contribution < -0.4 is 5.32 Å². The zero-order valence-corrected chi connectivity index (χ0v) is 15.5. The molecule has 1 atom stereocenters. The highest BCUT2D eigenvalue weighted by Gasteiger charge is 2.21. The summed E-state index contributed by atoms with van der Waals surface area (Å²) in [5.41, 5.74) is 3.72. The van der Waals surface area contributed by atoms with E-state index in [0.717, 1.165) is 11.2 Å². The highest BCUT2D eigenvalue weighted by Crippen LogP contribution is 2.32. The molecule has 0 saturated heterocycles. The molecule has 0 fully saturated rings. The number of rotatable bonds is 5. The van der Waals surface area contributed by atoms with Crippen molar-refractivity contribution in [2.75, 3.05) is 6.54 Å². The Morgan fingerprint density at radius 1 is 1.31 bits per heavy atom. The van der Waals surface area contributed by atoms with Crippen molar-refractivity contribution in [2.24, 2.45) is 7.05 Å². The van der Waals surface area contributed by atoms with Gasteiger partial charge in [0.25, 0.3) is 5.91 Å². The van der Waals surface area contributed by atoms with Crippen molar-refractivity contribution in [2.45, 2.75) is 12.8 Å². The first kappa shape index (κ1) is 16.6. The Morgan fingerprint density at radius 3 is 2.88 bits per heavy atom. The Morgan fingerprint density at radius 2 is 2.15 bits per heavy atom. The lowest BCUT2D eigenvalue weighted by Gasteiger charge is -2.16. The number of H-pyrrole nitrogens is 1. The molecule has 5 nitrogen and oxygen atoms in total. The molecular weight excluding hydrogens is 344 g/mol. The molecular formula is C20H20N4OS. The van der Waals surface area contributed by atoms with Gasteiger partial charge < -0.3 is 10.3 Å². The lowest BCUT2D eigenvalue weighted by atomic mass is 9.96. The van der Waals surface area contributed by atoms with Gasteiger partial charge in [-0.3, -0.25) is 9.48 Å². The second-order valence-electron chi connectivity index (χ2n) is 6.36. The molecule has 0 saturated carbocycles. The molecule has 26 heavy (non-hydrogen) atoms. The van der Waals surface area contributed by atoms with Crippen LogP contribution in [0.1, 0.15) is 32.5 Å². The first-order chi connectivity index (χ1) is 12.6. The predicted molar refractivity (Wildman–Crippen MR) is 105 cm³/mol. The maximum atomic E-state index is 12.6. The van der Waals surface area contributed by atoms with Crippen LogP contribution in [0.15, 0.2) is 54.0 Å². The molecule has 4 aromatic rings. The fourth-order valence-electron chi connectivity index (χ4n) is 3.34. The zero-order chi connectivity index (χ0) is 18.1. The summed E-state index contributed by atoms with van der Waals surface area (Å²) >= 11 is 1.71. The number of hydrogen-bond donors (Lipinski definition) is 2. The molecule has 0 spiro atoms. The number of aromatic nitrogens is 3. The molecule has 0 aliphatic carbocycles. The average molecular weight is 364 g/mol. The van der Waals surface area contributed by atoms with Gasteiger partial charge in [-0.2, -0.15) is 5.10 Å². The van der Waals surface area contributed by atoms with Crippen LogP contribution in [0.4, 0.5) is 0 Å². The lowest BCUT2D eigenvalue weighted by Crippen LogP contribution is -2.30. The molecule has 0 radical (unpaired) electrons. The van der Waals surface area contributed by atoms with Crippen molar-refractivity contribution in [1.29, 1.82) is 0 Å². The average Bonchev–Trinajstić information content (AvgIpc) is 3.36. The number of nitrogens with one attached hydrogen (secondary N) is 2. The van der Waals surface area contributed by atoms with Crippen LogP contribution in [-0.2, 0) is 7.05 Å². The first-order valence-corrected chi connectivity index (χ1v) is 9.39. The number of para-hydroxylation sites is 1. The van der Waals surface area contributed by atoms with Gasteiger partial charge in [0, 0.05) is 41.5 Å². The van der Waals surface area contributed by atoms with Crippen LogP contribution in [0.5, 0.6) is 0 Å². The standard InChI is InChI=1S/C20H20N4OS/c1-13-10-18(24(2)23-13)20(25)22-12-16(19-8-5-9-26-19)15-11-21-17-7-4-3-6-14(15)17/h3-11,16,21H,12H2,1-2H3,(H,22,25). The highest BCUT2D eigenvalue weighted by atomic mass is 32.1. The number of aromatic amines is 1. The Hall–Kier alpha value is -2.86. The van der Waals surface area contributed by atoms with E-state index in [0.29, 0.717) is 12.2 Å². The third-order valence-electron chi connectivity index (χ3n) is 4.58. The molecule has 2 N–H and O–H groups in total. The van der Waals surface area contributed by atoms with Crippen LogP contribution in [-0.4, -0.2) is 27.2 Å². The minimum Gasteiger partial charge on any atom is -0.361 e. The number of hydrogen-bond acceptors (Lipinski definition) is 3. The summed E-state index contributed by atoms with van der Waals surface area (Å²) < 4.78 is 1.62. The van der Waals surface area contributed by atoms with Crippen LogP contribution in [0, 0.1) is 6.92 Å². The SMILES string of the molecule is Cc1cc(C(=O)NCC(c2cccs2)c2c[nH]c3ccccc23)n(C)n1. The number of thiophene rings is 1. The first-order valence-electron chi connectivity index (χ1n) is 8.51. The van der Waals surface area contributed by atoms with Crippen LogP contribution in [0.25, 0.3) is 10.9 Å². The zero-order valence-electron chi connectivity index (χ0n) is 14.7. The molecule has 0 aliphatic heterocycles. The number of benzene rings is 1. The Labute approximate surface area is 155 Å². The van der Waals surface area contributed by atoms with Gasteiger partial charge in [0.05, 0.1) is 5.69 Å². The van der Waals surface area contributed by atoms with Gasteiger partial charge in [-0.15, -0.1) is 11.3 Å². The summed E-state index contributed by atoms with van der Waals surface area (Å²) in [6.07, 6.45) is 2.05. The predicted octanol–water partition coefficient (Wildman–Crippen LogP) is 3.83. The van der Waals surface area contributed by atoms with E-state index in [9.17, 15) is 4.79 Å². The van der Waals surface area contributed by atoms with E-state index in [2.05, 4.69) is 45.2 Å². The molecule has 1 unspecified atom stereocenters. The molecule has 0 bridgehead atoms. The second kappa shape index (κ2) is 6.80.